The maximum atomic E-state index is 11.9. The first kappa shape index (κ1) is 14.9. The summed E-state index contributed by atoms with van der Waals surface area (Å²) >= 11 is 0. The topological polar surface area (TPSA) is 38.3 Å². The molecule has 2 aromatic rings. The molecule has 108 valence electrons. The second kappa shape index (κ2) is 7.29. The minimum atomic E-state index is -0.147. The van der Waals surface area contributed by atoms with Crippen LogP contribution in [0.25, 0.3) is 6.08 Å². The molecule has 0 spiro atoms. The van der Waals surface area contributed by atoms with E-state index < -0.39 is 0 Å². The lowest BCUT2D eigenvalue weighted by Gasteiger charge is -2.04. The maximum Gasteiger partial charge on any atom is 0.248 e. The van der Waals surface area contributed by atoms with Crippen molar-refractivity contribution in [2.75, 3.05) is 12.4 Å². The van der Waals surface area contributed by atoms with Gasteiger partial charge in [-0.1, -0.05) is 31.2 Å². The largest absolute Gasteiger partial charge is 0.497 e. The lowest BCUT2D eigenvalue weighted by atomic mass is 10.1. The molecule has 0 aliphatic carbocycles. The Morgan fingerprint density at radius 2 is 2.00 bits per heavy atom. The third-order valence-corrected chi connectivity index (χ3v) is 3.12. The molecular formula is C18H19NO2. The molecule has 2 rings (SSSR count). The molecule has 0 radical (unpaired) electrons. The summed E-state index contributed by atoms with van der Waals surface area (Å²) in [5.41, 5.74) is 2.94. The fraction of sp³-hybridized carbons (Fsp3) is 0.167. The average Bonchev–Trinajstić information content (AvgIpc) is 2.53. The Balaban J connectivity index is 2.01. The summed E-state index contributed by atoms with van der Waals surface area (Å²) in [6.07, 6.45) is 4.23. The highest BCUT2D eigenvalue weighted by molar-refractivity contribution is 6.01. The van der Waals surface area contributed by atoms with E-state index in [0.29, 0.717) is 0 Å². The van der Waals surface area contributed by atoms with Crippen LogP contribution in [-0.2, 0) is 11.2 Å². The first-order chi connectivity index (χ1) is 10.2. The summed E-state index contributed by atoms with van der Waals surface area (Å²) in [4.78, 5) is 11.9. The smallest absolute Gasteiger partial charge is 0.248 e. The van der Waals surface area contributed by atoms with E-state index in [1.807, 2.05) is 48.5 Å². The van der Waals surface area contributed by atoms with Gasteiger partial charge in [-0.05, 0) is 47.9 Å². The van der Waals surface area contributed by atoms with E-state index in [0.717, 1.165) is 23.4 Å². The fourth-order valence-electron chi connectivity index (χ4n) is 1.97. The van der Waals surface area contributed by atoms with Crippen molar-refractivity contribution in [3.05, 3.63) is 65.7 Å². The van der Waals surface area contributed by atoms with Gasteiger partial charge in [0.2, 0.25) is 5.91 Å². The number of rotatable bonds is 5. The third-order valence-electron chi connectivity index (χ3n) is 3.12. The zero-order valence-electron chi connectivity index (χ0n) is 12.3. The van der Waals surface area contributed by atoms with Crippen molar-refractivity contribution in [2.45, 2.75) is 13.3 Å². The zero-order chi connectivity index (χ0) is 15.1. The number of carbonyl (C=O) groups excluding carboxylic acids is 1. The number of hydrogen-bond donors (Lipinski definition) is 1. The van der Waals surface area contributed by atoms with Crippen LogP contribution in [0.2, 0.25) is 0 Å². The van der Waals surface area contributed by atoms with Crippen LogP contribution in [-0.4, -0.2) is 13.0 Å². The molecule has 1 amide bonds. The third kappa shape index (κ3) is 4.49. The number of amides is 1. The summed E-state index contributed by atoms with van der Waals surface area (Å²) in [5, 5.41) is 2.86. The minimum absolute atomic E-state index is 0.147. The summed E-state index contributed by atoms with van der Waals surface area (Å²) in [7, 11) is 1.62. The quantitative estimate of drug-likeness (QED) is 0.844. The van der Waals surface area contributed by atoms with Gasteiger partial charge in [-0.25, -0.2) is 0 Å². The van der Waals surface area contributed by atoms with Gasteiger partial charge in [0.05, 0.1) is 7.11 Å². The Morgan fingerprint density at radius 1 is 1.19 bits per heavy atom. The van der Waals surface area contributed by atoms with E-state index in [4.69, 9.17) is 4.74 Å². The van der Waals surface area contributed by atoms with Crippen molar-refractivity contribution in [3.8, 4) is 5.75 Å². The molecule has 0 aliphatic rings. The van der Waals surface area contributed by atoms with E-state index >= 15 is 0 Å². The Hall–Kier alpha value is -2.55. The van der Waals surface area contributed by atoms with Gasteiger partial charge >= 0.3 is 0 Å². The number of methoxy groups -OCH3 is 1. The Bertz CT molecular complexity index is 647. The molecule has 3 heteroatoms. The normalized spacial score (nSPS) is 10.6. The summed E-state index contributed by atoms with van der Waals surface area (Å²) < 4.78 is 5.15. The second-order valence-electron chi connectivity index (χ2n) is 4.65. The van der Waals surface area contributed by atoms with Crippen LogP contribution in [0, 0.1) is 0 Å². The summed E-state index contributed by atoms with van der Waals surface area (Å²) in [5.74, 6) is 0.624. The SMILES string of the molecule is CCc1cccc(NC(=O)/C=C/c2cccc(OC)c2)c1. The van der Waals surface area contributed by atoms with Crippen molar-refractivity contribution < 1.29 is 9.53 Å². The van der Waals surface area contributed by atoms with Gasteiger partial charge in [-0.3, -0.25) is 4.79 Å². The molecule has 0 unspecified atom stereocenters. The number of ether oxygens (including phenoxy) is 1. The molecular weight excluding hydrogens is 262 g/mol. The number of hydrogen-bond acceptors (Lipinski definition) is 2. The van der Waals surface area contributed by atoms with Crippen molar-refractivity contribution in [1.82, 2.24) is 0 Å². The summed E-state index contributed by atoms with van der Waals surface area (Å²) in [6.45, 7) is 2.09. The molecule has 0 bridgehead atoms. The first-order valence-corrected chi connectivity index (χ1v) is 6.93. The van der Waals surface area contributed by atoms with Crippen molar-refractivity contribution in [1.29, 1.82) is 0 Å². The van der Waals surface area contributed by atoms with E-state index in [-0.39, 0.29) is 5.91 Å². The first-order valence-electron chi connectivity index (χ1n) is 6.93. The van der Waals surface area contributed by atoms with Gasteiger partial charge in [0.15, 0.2) is 0 Å². The Morgan fingerprint density at radius 3 is 2.76 bits per heavy atom. The average molecular weight is 281 g/mol. The van der Waals surface area contributed by atoms with E-state index in [9.17, 15) is 4.79 Å². The molecule has 0 heterocycles. The lowest BCUT2D eigenvalue weighted by Crippen LogP contribution is -2.07. The predicted octanol–water partition coefficient (Wildman–Crippen LogP) is 3.91. The van der Waals surface area contributed by atoms with Crippen LogP contribution in [0.4, 0.5) is 5.69 Å². The highest BCUT2D eigenvalue weighted by Crippen LogP contribution is 2.14. The van der Waals surface area contributed by atoms with Crippen LogP contribution in [0.15, 0.2) is 54.6 Å². The fourth-order valence-corrected chi connectivity index (χ4v) is 1.97. The van der Waals surface area contributed by atoms with Crippen LogP contribution in [0.1, 0.15) is 18.1 Å². The number of aryl methyl sites for hydroxylation is 1. The Labute approximate surface area is 125 Å². The molecule has 0 saturated carbocycles. The Kier molecular flexibility index (Phi) is 5.16. The van der Waals surface area contributed by atoms with Gasteiger partial charge in [-0.2, -0.15) is 0 Å². The van der Waals surface area contributed by atoms with Gasteiger partial charge in [0.25, 0.3) is 0 Å². The molecule has 21 heavy (non-hydrogen) atoms. The molecule has 0 fully saturated rings. The summed E-state index contributed by atoms with van der Waals surface area (Å²) in [6, 6.07) is 15.4. The van der Waals surface area contributed by atoms with Gasteiger partial charge in [0, 0.05) is 11.8 Å². The monoisotopic (exact) mass is 281 g/mol. The minimum Gasteiger partial charge on any atom is -0.497 e. The highest BCUT2D eigenvalue weighted by atomic mass is 16.5. The molecule has 0 aromatic heterocycles. The molecule has 2 aromatic carbocycles. The van der Waals surface area contributed by atoms with Gasteiger partial charge < -0.3 is 10.1 Å². The zero-order valence-corrected chi connectivity index (χ0v) is 12.3. The standard InChI is InChI=1S/C18H19NO2/c1-3-14-6-4-8-16(12-14)19-18(20)11-10-15-7-5-9-17(13-15)21-2/h4-13H,3H2,1-2H3,(H,19,20)/b11-10+. The number of anilines is 1. The predicted molar refractivity (Wildman–Crippen MR) is 86.5 cm³/mol. The molecule has 3 nitrogen and oxygen atoms in total. The van der Waals surface area contributed by atoms with Gasteiger partial charge in [0.1, 0.15) is 5.75 Å². The van der Waals surface area contributed by atoms with Crippen molar-refractivity contribution >= 4 is 17.7 Å². The van der Waals surface area contributed by atoms with Crippen LogP contribution < -0.4 is 10.1 Å². The van der Waals surface area contributed by atoms with E-state index in [1.54, 1.807) is 13.2 Å². The van der Waals surface area contributed by atoms with Gasteiger partial charge in [-0.15, -0.1) is 0 Å². The molecule has 0 aliphatic heterocycles. The molecule has 1 N–H and O–H groups in total. The van der Waals surface area contributed by atoms with Crippen LogP contribution >= 0.6 is 0 Å². The van der Waals surface area contributed by atoms with E-state index in [2.05, 4.69) is 12.2 Å². The number of benzene rings is 2. The number of carbonyl (C=O) groups is 1. The van der Waals surface area contributed by atoms with Crippen LogP contribution in [0.3, 0.4) is 0 Å². The molecule has 0 atom stereocenters. The lowest BCUT2D eigenvalue weighted by molar-refractivity contribution is -0.111. The van der Waals surface area contributed by atoms with E-state index in [1.165, 1.54) is 11.6 Å². The van der Waals surface area contributed by atoms with Crippen LogP contribution in [0.5, 0.6) is 5.75 Å². The number of nitrogens with one attached hydrogen (secondary N) is 1. The second-order valence-corrected chi connectivity index (χ2v) is 4.65. The van der Waals surface area contributed by atoms with Crippen molar-refractivity contribution in [2.24, 2.45) is 0 Å². The highest BCUT2D eigenvalue weighted by Gasteiger charge is 1.99. The van der Waals surface area contributed by atoms with Crippen molar-refractivity contribution in [3.63, 3.8) is 0 Å². The maximum absolute atomic E-state index is 11.9. The molecule has 0 saturated heterocycles.